The second-order valence-electron chi connectivity index (χ2n) is 5.58. The van der Waals surface area contributed by atoms with Crippen LogP contribution < -0.4 is 4.74 Å². The van der Waals surface area contributed by atoms with Gasteiger partial charge in [-0.15, -0.1) is 5.10 Å². The molecule has 0 spiro atoms. The summed E-state index contributed by atoms with van der Waals surface area (Å²) in [6, 6.07) is 14.8. The van der Waals surface area contributed by atoms with E-state index in [0.717, 1.165) is 11.3 Å². The van der Waals surface area contributed by atoms with E-state index in [-0.39, 0.29) is 0 Å². The SMILES string of the molecule is CCOc1ccccc1-n1nnnc1SCc1nc(-c2ccc(Cl)cc2)no1. The lowest BCUT2D eigenvalue weighted by molar-refractivity contribution is 0.337. The molecular formula is C18H15ClN6O2S. The molecule has 4 aromatic rings. The molecule has 0 saturated heterocycles. The van der Waals surface area contributed by atoms with E-state index in [1.54, 1.807) is 16.8 Å². The molecule has 0 fully saturated rings. The van der Waals surface area contributed by atoms with Crippen LogP contribution in [0.15, 0.2) is 58.2 Å². The molecule has 28 heavy (non-hydrogen) atoms. The van der Waals surface area contributed by atoms with Crippen LogP contribution in [0, 0.1) is 0 Å². The van der Waals surface area contributed by atoms with Crippen LogP contribution in [0.25, 0.3) is 17.1 Å². The van der Waals surface area contributed by atoms with Crippen LogP contribution in [0.2, 0.25) is 5.02 Å². The number of benzene rings is 2. The maximum atomic E-state index is 5.91. The van der Waals surface area contributed by atoms with Gasteiger partial charge in [0.1, 0.15) is 11.4 Å². The first kappa shape index (κ1) is 18.5. The summed E-state index contributed by atoms with van der Waals surface area (Å²) in [5.41, 5.74) is 1.60. The van der Waals surface area contributed by atoms with Gasteiger partial charge in [0.25, 0.3) is 0 Å². The van der Waals surface area contributed by atoms with Crippen molar-refractivity contribution in [3.05, 3.63) is 59.4 Å². The first-order valence-electron chi connectivity index (χ1n) is 8.46. The van der Waals surface area contributed by atoms with Gasteiger partial charge < -0.3 is 9.26 Å². The molecule has 0 bridgehead atoms. The van der Waals surface area contributed by atoms with Gasteiger partial charge in [-0.05, 0) is 53.7 Å². The van der Waals surface area contributed by atoms with E-state index >= 15 is 0 Å². The van der Waals surface area contributed by atoms with Crippen LogP contribution in [0.3, 0.4) is 0 Å². The van der Waals surface area contributed by atoms with E-state index in [1.807, 2.05) is 43.3 Å². The van der Waals surface area contributed by atoms with E-state index in [1.165, 1.54) is 11.8 Å². The van der Waals surface area contributed by atoms with E-state index in [9.17, 15) is 0 Å². The van der Waals surface area contributed by atoms with Gasteiger partial charge in [0.2, 0.25) is 16.9 Å². The summed E-state index contributed by atoms with van der Waals surface area (Å²) in [4.78, 5) is 4.41. The Morgan fingerprint density at radius 2 is 1.96 bits per heavy atom. The average molecular weight is 415 g/mol. The average Bonchev–Trinajstić information content (AvgIpc) is 3.37. The number of thioether (sulfide) groups is 1. The summed E-state index contributed by atoms with van der Waals surface area (Å²) in [5.74, 6) is 2.12. The standard InChI is InChI=1S/C18H15ClN6O2S/c1-2-26-15-6-4-3-5-14(15)25-18(21-23-24-25)28-11-16-20-17(22-27-16)12-7-9-13(19)10-8-12/h3-10H,2,11H2,1H3. The molecule has 0 amide bonds. The largest absolute Gasteiger partial charge is 0.492 e. The Hall–Kier alpha value is -2.91. The third kappa shape index (κ3) is 4.00. The summed E-state index contributed by atoms with van der Waals surface area (Å²) in [7, 11) is 0. The van der Waals surface area contributed by atoms with Crippen molar-refractivity contribution < 1.29 is 9.26 Å². The number of halogens is 1. The van der Waals surface area contributed by atoms with Gasteiger partial charge in [-0.2, -0.15) is 9.67 Å². The molecule has 10 heteroatoms. The maximum Gasteiger partial charge on any atom is 0.237 e. The zero-order valence-electron chi connectivity index (χ0n) is 14.8. The third-order valence-electron chi connectivity index (χ3n) is 3.73. The number of rotatable bonds is 7. The van der Waals surface area contributed by atoms with Crippen molar-refractivity contribution in [1.29, 1.82) is 0 Å². The summed E-state index contributed by atoms with van der Waals surface area (Å²) in [6.45, 7) is 2.48. The van der Waals surface area contributed by atoms with Crippen molar-refractivity contribution in [1.82, 2.24) is 30.3 Å². The van der Waals surface area contributed by atoms with E-state index in [0.29, 0.717) is 40.0 Å². The van der Waals surface area contributed by atoms with Crippen molar-refractivity contribution in [3.63, 3.8) is 0 Å². The molecular weight excluding hydrogens is 400 g/mol. The van der Waals surface area contributed by atoms with Gasteiger partial charge in [-0.25, -0.2) is 0 Å². The lowest BCUT2D eigenvalue weighted by atomic mass is 10.2. The van der Waals surface area contributed by atoms with Gasteiger partial charge in [0.15, 0.2) is 0 Å². The Morgan fingerprint density at radius 1 is 1.14 bits per heavy atom. The van der Waals surface area contributed by atoms with E-state index < -0.39 is 0 Å². The molecule has 0 aliphatic carbocycles. The molecule has 4 rings (SSSR count). The maximum absolute atomic E-state index is 5.91. The first-order chi connectivity index (χ1) is 13.7. The fourth-order valence-corrected chi connectivity index (χ4v) is 3.33. The molecule has 8 nitrogen and oxygen atoms in total. The van der Waals surface area contributed by atoms with Gasteiger partial charge in [-0.3, -0.25) is 0 Å². The highest BCUT2D eigenvalue weighted by atomic mass is 35.5. The fraction of sp³-hybridized carbons (Fsp3) is 0.167. The molecule has 0 atom stereocenters. The lowest BCUT2D eigenvalue weighted by Gasteiger charge is -2.10. The quantitative estimate of drug-likeness (QED) is 0.418. The second kappa shape index (κ2) is 8.41. The van der Waals surface area contributed by atoms with Crippen molar-refractivity contribution in [3.8, 4) is 22.8 Å². The Kier molecular flexibility index (Phi) is 5.54. The van der Waals surface area contributed by atoms with Gasteiger partial charge in [0.05, 0.1) is 12.4 Å². The van der Waals surface area contributed by atoms with Crippen molar-refractivity contribution in [2.75, 3.05) is 6.61 Å². The molecule has 0 aliphatic heterocycles. The van der Waals surface area contributed by atoms with Crippen LogP contribution in [-0.2, 0) is 5.75 Å². The Labute approximate surface area is 169 Å². The van der Waals surface area contributed by atoms with Gasteiger partial charge >= 0.3 is 0 Å². The predicted octanol–water partition coefficient (Wildman–Crippen LogP) is 4.06. The van der Waals surface area contributed by atoms with Crippen LogP contribution in [0.4, 0.5) is 0 Å². The number of ether oxygens (including phenoxy) is 1. The lowest BCUT2D eigenvalue weighted by Crippen LogP contribution is -2.03. The molecule has 2 aromatic heterocycles. The number of aromatic nitrogens is 6. The molecule has 0 N–H and O–H groups in total. The third-order valence-corrected chi connectivity index (χ3v) is 4.89. The summed E-state index contributed by atoms with van der Waals surface area (Å²) >= 11 is 7.30. The molecule has 0 saturated carbocycles. The summed E-state index contributed by atoms with van der Waals surface area (Å²) in [6.07, 6.45) is 0. The van der Waals surface area contributed by atoms with Crippen LogP contribution >= 0.6 is 23.4 Å². The number of hydrogen-bond acceptors (Lipinski definition) is 8. The number of tetrazole rings is 1. The topological polar surface area (TPSA) is 91.8 Å². The molecule has 0 unspecified atom stereocenters. The summed E-state index contributed by atoms with van der Waals surface area (Å²) in [5, 5.41) is 17.2. The Bertz CT molecular complexity index is 1070. The molecule has 2 heterocycles. The minimum atomic E-state index is 0.428. The molecule has 0 aliphatic rings. The van der Waals surface area contributed by atoms with Crippen molar-refractivity contribution >= 4 is 23.4 Å². The zero-order chi connectivity index (χ0) is 19.3. The van der Waals surface area contributed by atoms with Crippen LogP contribution in [0.5, 0.6) is 5.75 Å². The highest BCUT2D eigenvalue weighted by Crippen LogP contribution is 2.28. The Balaban J connectivity index is 1.50. The van der Waals surface area contributed by atoms with E-state index in [2.05, 4.69) is 25.7 Å². The molecule has 142 valence electrons. The van der Waals surface area contributed by atoms with Crippen molar-refractivity contribution in [2.45, 2.75) is 17.8 Å². The molecule has 2 aromatic carbocycles. The highest BCUT2D eigenvalue weighted by Gasteiger charge is 2.15. The number of nitrogens with zero attached hydrogens (tertiary/aromatic N) is 6. The number of hydrogen-bond donors (Lipinski definition) is 0. The summed E-state index contributed by atoms with van der Waals surface area (Å²) < 4.78 is 12.6. The Morgan fingerprint density at radius 3 is 2.79 bits per heavy atom. The minimum absolute atomic E-state index is 0.428. The van der Waals surface area contributed by atoms with Gasteiger partial charge in [-0.1, -0.05) is 40.7 Å². The smallest absolute Gasteiger partial charge is 0.237 e. The molecule has 0 radical (unpaired) electrons. The zero-order valence-corrected chi connectivity index (χ0v) is 16.4. The normalized spacial score (nSPS) is 10.9. The van der Waals surface area contributed by atoms with Crippen LogP contribution in [0.1, 0.15) is 12.8 Å². The number of para-hydroxylation sites is 2. The van der Waals surface area contributed by atoms with Gasteiger partial charge in [0, 0.05) is 10.6 Å². The fourth-order valence-electron chi connectivity index (χ4n) is 2.49. The first-order valence-corrected chi connectivity index (χ1v) is 9.83. The monoisotopic (exact) mass is 414 g/mol. The predicted molar refractivity (Wildman–Crippen MR) is 105 cm³/mol. The van der Waals surface area contributed by atoms with Crippen molar-refractivity contribution in [2.24, 2.45) is 0 Å². The second-order valence-corrected chi connectivity index (χ2v) is 6.96. The van der Waals surface area contributed by atoms with Crippen LogP contribution in [-0.4, -0.2) is 37.0 Å². The minimum Gasteiger partial charge on any atom is -0.492 e. The van der Waals surface area contributed by atoms with E-state index in [4.69, 9.17) is 20.9 Å². The highest BCUT2D eigenvalue weighted by molar-refractivity contribution is 7.98.